The second-order valence-corrected chi connectivity index (χ2v) is 9.25. The van der Waals surface area contributed by atoms with Crippen LogP contribution in [0.4, 0.5) is 0 Å². The fourth-order valence-electron chi connectivity index (χ4n) is 5.13. The minimum atomic E-state index is 0.952. The number of aromatic amines is 2. The molecule has 0 bridgehead atoms. The van der Waals surface area contributed by atoms with Crippen LogP contribution in [-0.2, 0) is 7.05 Å². The van der Waals surface area contributed by atoms with Crippen LogP contribution in [0.2, 0.25) is 0 Å². The number of hydrogen-bond acceptors (Lipinski definition) is 1. The van der Waals surface area contributed by atoms with E-state index in [4.69, 9.17) is 4.98 Å². The Kier molecular flexibility index (Phi) is 6.81. The molecule has 0 aliphatic heterocycles. The minimum Gasteiger partial charge on any atom is -0.352 e. The summed E-state index contributed by atoms with van der Waals surface area (Å²) in [6.07, 6.45) is 0. The van der Waals surface area contributed by atoms with Gasteiger partial charge in [0.15, 0.2) is 0 Å². The monoisotopic (exact) mass is 524 g/mol. The zero-order chi connectivity index (χ0) is 27.5. The Labute approximate surface area is 232 Å². The average molecular weight is 525 g/mol. The molecule has 0 spiro atoms. The molecule has 0 amide bonds. The summed E-state index contributed by atoms with van der Waals surface area (Å²) < 4.78 is 6.47. The molecule has 0 saturated carbocycles. The highest BCUT2D eigenvalue weighted by Crippen LogP contribution is 2.28. The highest BCUT2D eigenvalue weighted by Gasteiger charge is 2.15. The van der Waals surface area contributed by atoms with Gasteiger partial charge < -0.3 is 4.98 Å². The van der Waals surface area contributed by atoms with Gasteiger partial charge in [-0.3, -0.25) is 18.7 Å². The van der Waals surface area contributed by atoms with E-state index in [0.717, 1.165) is 44.6 Å². The Balaban J connectivity index is 0.000000143. The molecule has 0 radical (unpaired) electrons. The van der Waals surface area contributed by atoms with Gasteiger partial charge in [0.2, 0.25) is 5.78 Å². The van der Waals surface area contributed by atoms with E-state index in [2.05, 4.69) is 110 Å². The second-order valence-electron chi connectivity index (χ2n) is 9.25. The molecule has 3 aromatic heterocycles. The Morgan fingerprint density at radius 1 is 0.525 bits per heavy atom. The third-order valence-electron chi connectivity index (χ3n) is 6.87. The van der Waals surface area contributed by atoms with Gasteiger partial charge in [0.25, 0.3) is 0 Å². The molecular formula is C34H32N6. The van der Waals surface area contributed by atoms with Gasteiger partial charge in [0.1, 0.15) is 0 Å². The van der Waals surface area contributed by atoms with Crippen molar-refractivity contribution in [1.82, 2.24) is 28.7 Å². The number of hydrogen-bond donors (Lipinski definition) is 2. The first kappa shape index (κ1) is 25.1. The number of aryl methyl sites for hydroxylation is 1. The van der Waals surface area contributed by atoms with Crippen LogP contribution in [0.15, 0.2) is 127 Å². The molecule has 0 atom stereocenters. The number of fused-ring (bicyclic) bond motifs is 7. The molecule has 0 aliphatic rings. The van der Waals surface area contributed by atoms with Crippen LogP contribution in [-0.4, -0.2) is 28.7 Å². The predicted molar refractivity (Wildman–Crippen MR) is 168 cm³/mol. The molecule has 198 valence electrons. The lowest BCUT2D eigenvalue weighted by molar-refractivity contribution is 0.800. The van der Waals surface area contributed by atoms with Gasteiger partial charge in [-0.2, -0.15) is 0 Å². The topological polar surface area (TPSA) is 58.7 Å². The molecule has 8 aromatic rings. The van der Waals surface area contributed by atoms with Gasteiger partial charge in [0, 0.05) is 12.7 Å². The fraction of sp³-hybridized carbons (Fsp3) is 0.0882. The van der Waals surface area contributed by atoms with Crippen LogP contribution in [0.25, 0.3) is 55.6 Å². The minimum absolute atomic E-state index is 0.952. The van der Waals surface area contributed by atoms with Gasteiger partial charge in [-0.05, 0) is 60.7 Å². The van der Waals surface area contributed by atoms with E-state index >= 15 is 0 Å². The van der Waals surface area contributed by atoms with E-state index in [1.807, 2.05) is 62.0 Å². The van der Waals surface area contributed by atoms with Gasteiger partial charge in [0.05, 0.1) is 44.1 Å². The highest BCUT2D eigenvalue weighted by atomic mass is 15.2. The molecule has 3 heterocycles. The molecule has 6 heteroatoms. The number of para-hydroxylation sites is 9. The average Bonchev–Trinajstić information content (AvgIpc) is 3.50. The third-order valence-corrected chi connectivity index (χ3v) is 6.87. The van der Waals surface area contributed by atoms with Crippen molar-refractivity contribution in [3.8, 4) is 5.69 Å². The summed E-state index contributed by atoms with van der Waals surface area (Å²) >= 11 is 0. The van der Waals surface area contributed by atoms with Crippen molar-refractivity contribution in [2.24, 2.45) is 7.05 Å². The van der Waals surface area contributed by atoms with Gasteiger partial charge in [-0.25, -0.2) is 4.98 Å². The summed E-state index contributed by atoms with van der Waals surface area (Å²) in [5.74, 6) is 0.952. The van der Waals surface area contributed by atoms with Gasteiger partial charge >= 0.3 is 0 Å². The quantitative estimate of drug-likeness (QED) is 0.222. The van der Waals surface area contributed by atoms with Crippen molar-refractivity contribution in [1.29, 1.82) is 0 Å². The molecule has 0 unspecified atom stereocenters. The number of aromatic nitrogens is 6. The van der Waals surface area contributed by atoms with Crippen LogP contribution < -0.4 is 0 Å². The number of H-pyrrole nitrogens is 2. The van der Waals surface area contributed by atoms with Crippen LogP contribution in [0.1, 0.15) is 13.8 Å². The number of benzene rings is 5. The molecule has 0 saturated heterocycles. The van der Waals surface area contributed by atoms with E-state index in [0.29, 0.717) is 0 Å². The summed E-state index contributed by atoms with van der Waals surface area (Å²) in [5, 5.41) is 3.35. The van der Waals surface area contributed by atoms with Crippen LogP contribution in [0.5, 0.6) is 0 Å². The van der Waals surface area contributed by atoms with Crippen molar-refractivity contribution in [2.45, 2.75) is 13.8 Å². The summed E-state index contributed by atoms with van der Waals surface area (Å²) in [7, 11) is 2.02. The second kappa shape index (κ2) is 10.9. The molecular weight excluding hydrogens is 492 g/mol. The van der Waals surface area contributed by atoms with E-state index in [-0.39, 0.29) is 0 Å². The molecule has 40 heavy (non-hydrogen) atoms. The van der Waals surface area contributed by atoms with Crippen molar-refractivity contribution >= 4 is 49.9 Å². The number of rotatable bonds is 1. The maximum atomic E-state index is 4.85. The lowest BCUT2D eigenvalue weighted by atomic mass is 10.2. The molecule has 2 N–H and O–H groups in total. The Morgan fingerprint density at radius 3 is 1.82 bits per heavy atom. The molecule has 0 fully saturated rings. The maximum absolute atomic E-state index is 4.85. The predicted octanol–water partition coefficient (Wildman–Crippen LogP) is 8.57. The Hall–Kier alpha value is -5.23. The van der Waals surface area contributed by atoms with Crippen molar-refractivity contribution < 1.29 is 0 Å². The normalized spacial score (nSPS) is 10.9. The molecule has 0 aliphatic carbocycles. The van der Waals surface area contributed by atoms with Gasteiger partial charge in [-0.15, -0.1) is 0 Å². The Bertz CT molecular complexity index is 2100. The fourth-order valence-corrected chi connectivity index (χ4v) is 5.13. The number of nitrogens with one attached hydrogen (secondary N) is 2. The van der Waals surface area contributed by atoms with E-state index in [1.54, 1.807) is 0 Å². The lowest BCUT2D eigenvalue weighted by Crippen LogP contribution is -1.94. The van der Waals surface area contributed by atoms with Crippen molar-refractivity contribution in [3.63, 3.8) is 0 Å². The first-order valence-corrected chi connectivity index (χ1v) is 13.7. The summed E-state index contributed by atoms with van der Waals surface area (Å²) in [6.45, 7) is 4.00. The van der Waals surface area contributed by atoms with Crippen LogP contribution in [0.3, 0.4) is 0 Å². The smallest absolute Gasteiger partial charge is 0.220 e. The molecule has 5 aromatic carbocycles. The van der Waals surface area contributed by atoms with E-state index < -0.39 is 0 Å². The molecule has 6 nitrogen and oxygen atoms in total. The zero-order valence-corrected chi connectivity index (χ0v) is 22.9. The SMILES string of the molecule is CC.Cn1[nH]c2ccccc2[nH]c2ccccc21.c1ccc(-n2c3ccccc3n3c4ccccc4nc23)cc1. The largest absolute Gasteiger partial charge is 0.352 e. The first-order chi connectivity index (χ1) is 19.8. The summed E-state index contributed by atoms with van der Waals surface area (Å²) in [6, 6.07) is 43.5. The number of nitrogens with zero attached hydrogens (tertiary/aromatic N) is 4. The van der Waals surface area contributed by atoms with Crippen molar-refractivity contribution in [3.05, 3.63) is 127 Å². The summed E-state index contributed by atoms with van der Waals surface area (Å²) in [4.78, 5) is 8.28. The van der Waals surface area contributed by atoms with Gasteiger partial charge in [-0.1, -0.05) is 80.6 Å². The highest BCUT2D eigenvalue weighted by molar-refractivity contribution is 5.92. The standard InChI is InChI=1S/C19H13N3.C13H13N3.C2H6/c1-2-8-14(9-3-1)21-17-12-6-7-13-18(17)22-16-11-5-4-10-15(16)20-19(21)22;1-16-13-9-5-4-8-12(13)14-10-6-2-3-7-11(10)15-16;1-2/h1-13H;2-9,14-15H,1H3;1-2H3. The van der Waals surface area contributed by atoms with Crippen LogP contribution in [0, 0.1) is 0 Å². The zero-order valence-electron chi connectivity index (χ0n) is 22.9. The first-order valence-electron chi connectivity index (χ1n) is 13.7. The Morgan fingerprint density at radius 2 is 1.07 bits per heavy atom. The maximum Gasteiger partial charge on any atom is 0.220 e. The molecule has 8 rings (SSSR count). The number of imidazole rings is 2. The third kappa shape index (κ3) is 4.39. The van der Waals surface area contributed by atoms with Crippen LogP contribution >= 0.6 is 0 Å². The summed E-state index contributed by atoms with van der Waals surface area (Å²) in [5.41, 5.74) is 10.1. The van der Waals surface area contributed by atoms with E-state index in [1.165, 1.54) is 11.0 Å². The van der Waals surface area contributed by atoms with E-state index in [9.17, 15) is 0 Å². The lowest BCUT2D eigenvalue weighted by Gasteiger charge is -2.04. The van der Waals surface area contributed by atoms with Crippen molar-refractivity contribution in [2.75, 3.05) is 0 Å².